The van der Waals surface area contributed by atoms with Gasteiger partial charge in [-0.05, 0) is 12.8 Å². The van der Waals surface area contributed by atoms with Gasteiger partial charge in [0.15, 0.2) is 5.60 Å². The predicted octanol–water partition coefficient (Wildman–Crippen LogP) is 1.66. The summed E-state index contributed by atoms with van der Waals surface area (Å²) in [5, 5.41) is 20.1. The minimum atomic E-state index is -2.18. The Balaban J connectivity index is 3.07. The lowest BCUT2D eigenvalue weighted by Gasteiger charge is -2.43. The van der Waals surface area contributed by atoms with Gasteiger partial charge in [-0.15, -0.1) is 0 Å². The van der Waals surface area contributed by atoms with Crippen LogP contribution in [0.4, 0.5) is 0 Å². The molecule has 0 radical (unpaired) electrons. The van der Waals surface area contributed by atoms with Crippen LogP contribution in [0.2, 0.25) is 0 Å². The normalized spacial score (nSPS) is 17.5. The van der Waals surface area contributed by atoms with Crippen LogP contribution in [0.15, 0.2) is 0 Å². The van der Waals surface area contributed by atoms with E-state index < -0.39 is 23.5 Å². The second-order valence-electron chi connectivity index (χ2n) is 6.43. The van der Waals surface area contributed by atoms with Crippen LogP contribution >= 0.6 is 0 Å². The average molecular weight is 376 g/mol. The van der Waals surface area contributed by atoms with Gasteiger partial charge in [-0.25, -0.2) is 0 Å². The summed E-state index contributed by atoms with van der Waals surface area (Å²) < 4.78 is 21.5. The molecule has 0 aromatic rings. The van der Waals surface area contributed by atoms with E-state index in [-0.39, 0.29) is 52.1 Å². The van der Waals surface area contributed by atoms with E-state index in [9.17, 15) is 14.7 Å². The van der Waals surface area contributed by atoms with Gasteiger partial charge in [0.05, 0.1) is 39.3 Å². The number of aliphatic hydroxyl groups is 2. The highest BCUT2D eigenvalue weighted by molar-refractivity contribution is 5.79. The summed E-state index contributed by atoms with van der Waals surface area (Å²) in [6, 6.07) is 0. The lowest BCUT2D eigenvalue weighted by molar-refractivity contribution is -0.410. The third-order valence-corrected chi connectivity index (χ3v) is 4.24. The lowest BCUT2D eigenvalue weighted by atomic mass is 9.88. The molecule has 0 unspecified atom stereocenters. The van der Waals surface area contributed by atoms with Crippen molar-refractivity contribution < 1.29 is 38.7 Å². The third kappa shape index (κ3) is 6.50. The molecule has 1 heterocycles. The maximum atomic E-state index is 12.1. The number of cyclic esters (lactones) is 2. The highest BCUT2D eigenvalue weighted by Gasteiger charge is 2.59. The van der Waals surface area contributed by atoms with Crippen molar-refractivity contribution in [1.82, 2.24) is 0 Å². The Hall–Kier alpha value is -1.22. The van der Waals surface area contributed by atoms with Crippen molar-refractivity contribution in [2.45, 2.75) is 76.8 Å². The lowest BCUT2D eigenvalue weighted by Crippen LogP contribution is -2.60. The third-order valence-electron chi connectivity index (χ3n) is 4.24. The Kier molecular flexibility index (Phi) is 10.1. The molecule has 8 nitrogen and oxygen atoms in total. The molecule has 2 N–H and O–H groups in total. The van der Waals surface area contributed by atoms with Crippen LogP contribution in [0.25, 0.3) is 0 Å². The van der Waals surface area contributed by atoms with Crippen molar-refractivity contribution in [3.8, 4) is 0 Å². The van der Waals surface area contributed by atoms with Crippen LogP contribution in [-0.4, -0.2) is 60.2 Å². The van der Waals surface area contributed by atoms with Gasteiger partial charge in [-0.1, -0.05) is 39.5 Å². The zero-order chi connectivity index (χ0) is 19.5. The number of carbonyl (C=O) groups is 2. The second-order valence-corrected chi connectivity index (χ2v) is 6.43. The highest BCUT2D eigenvalue weighted by Crippen LogP contribution is 2.40. The fourth-order valence-corrected chi connectivity index (χ4v) is 2.78. The molecule has 0 amide bonds. The van der Waals surface area contributed by atoms with Crippen LogP contribution in [-0.2, 0) is 28.5 Å². The molecule has 0 aromatic heterocycles. The maximum Gasteiger partial charge on any atom is 0.406 e. The molecule has 0 aliphatic carbocycles. The van der Waals surface area contributed by atoms with Gasteiger partial charge < -0.3 is 29.2 Å². The van der Waals surface area contributed by atoms with E-state index in [1.165, 1.54) is 0 Å². The molecule has 1 rings (SSSR count). The van der Waals surface area contributed by atoms with Crippen LogP contribution in [0.3, 0.4) is 0 Å². The van der Waals surface area contributed by atoms with Gasteiger partial charge in [0.25, 0.3) is 0 Å². The molecule has 0 bridgehead atoms. The molecule has 8 heteroatoms. The Labute approximate surface area is 154 Å². The summed E-state index contributed by atoms with van der Waals surface area (Å²) in [6.45, 7) is 3.97. The van der Waals surface area contributed by atoms with Gasteiger partial charge in [0.2, 0.25) is 0 Å². The molecule has 1 aliphatic rings. The van der Waals surface area contributed by atoms with Gasteiger partial charge in [0.1, 0.15) is 0 Å². The number of unbranched alkanes of at least 4 members (excludes halogenated alkanes) is 2. The number of aliphatic hydroxyl groups excluding tert-OH is 1. The van der Waals surface area contributed by atoms with E-state index in [4.69, 9.17) is 24.1 Å². The Bertz CT molecular complexity index is 411. The summed E-state index contributed by atoms with van der Waals surface area (Å²) >= 11 is 0. The number of hydrogen-bond acceptors (Lipinski definition) is 8. The molecular weight excluding hydrogens is 344 g/mol. The van der Waals surface area contributed by atoms with Gasteiger partial charge in [-0.3, -0.25) is 9.59 Å². The molecule has 0 aromatic carbocycles. The van der Waals surface area contributed by atoms with Crippen molar-refractivity contribution in [1.29, 1.82) is 0 Å². The van der Waals surface area contributed by atoms with E-state index in [0.717, 1.165) is 12.8 Å². The van der Waals surface area contributed by atoms with E-state index in [1.54, 1.807) is 0 Å². The SMILES string of the molecule is CCCCC(O)(CCCC)C1(OCCOCCO)OC(=O)CCC(=O)O1. The predicted molar refractivity (Wildman–Crippen MR) is 92.0 cm³/mol. The number of carbonyl (C=O) groups excluding carboxylic acids is 2. The smallest absolute Gasteiger partial charge is 0.396 e. The first-order valence-electron chi connectivity index (χ1n) is 9.41. The summed E-state index contributed by atoms with van der Waals surface area (Å²) in [7, 11) is 0. The fraction of sp³-hybridized carbons (Fsp3) is 0.889. The van der Waals surface area contributed by atoms with Gasteiger partial charge in [-0.2, -0.15) is 0 Å². The maximum absolute atomic E-state index is 12.1. The van der Waals surface area contributed by atoms with E-state index in [2.05, 4.69) is 0 Å². The molecule has 0 spiro atoms. The largest absolute Gasteiger partial charge is 0.406 e. The molecule has 0 saturated carbocycles. The van der Waals surface area contributed by atoms with Crippen LogP contribution in [0.5, 0.6) is 0 Å². The average Bonchev–Trinajstić information content (AvgIpc) is 2.77. The van der Waals surface area contributed by atoms with Crippen molar-refractivity contribution in [3.63, 3.8) is 0 Å². The molecule has 152 valence electrons. The van der Waals surface area contributed by atoms with Gasteiger partial charge in [0, 0.05) is 0 Å². The van der Waals surface area contributed by atoms with Crippen LogP contribution in [0.1, 0.15) is 65.2 Å². The summed E-state index contributed by atoms with van der Waals surface area (Å²) in [4.78, 5) is 24.1. The monoisotopic (exact) mass is 376 g/mol. The molecule has 0 atom stereocenters. The quantitative estimate of drug-likeness (QED) is 0.369. The highest BCUT2D eigenvalue weighted by atomic mass is 16.9. The first kappa shape index (κ1) is 22.8. The van der Waals surface area contributed by atoms with Crippen molar-refractivity contribution in [2.75, 3.05) is 26.4 Å². The van der Waals surface area contributed by atoms with Crippen molar-refractivity contribution >= 4 is 11.9 Å². The zero-order valence-electron chi connectivity index (χ0n) is 15.8. The van der Waals surface area contributed by atoms with Crippen molar-refractivity contribution in [3.05, 3.63) is 0 Å². The number of esters is 2. The Morgan fingerprint density at radius 1 is 1.00 bits per heavy atom. The standard InChI is InChI=1S/C18H32O8/c1-3-5-9-17(22,10-6-4-2)18(24-14-13-23-12-11-19)25-15(20)7-8-16(21)26-18/h19,22H,3-14H2,1-2H3. The molecule has 1 saturated heterocycles. The number of ether oxygens (including phenoxy) is 4. The van der Waals surface area contributed by atoms with Crippen LogP contribution in [0, 0.1) is 0 Å². The summed E-state index contributed by atoms with van der Waals surface area (Å²) in [5.74, 6) is -3.48. The zero-order valence-corrected chi connectivity index (χ0v) is 15.8. The van der Waals surface area contributed by atoms with E-state index in [1.807, 2.05) is 13.8 Å². The fourth-order valence-electron chi connectivity index (χ4n) is 2.78. The summed E-state index contributed by atoms with van der Waals surface area (Å²) in [6.07, 6.45) is 3.22. The van der Waals surface area contributed by atoms with E-state index >= 15 is 0 Å². The Morgan fingerprint density at radius 3 is 2.00 bits per heavy atom. The van der Waals surface area contributed by atoms with Crippen molar-refractivity contribution in [2.24, 2.45) is 0 Å². The molecule has 26 heavy (non-hydrogen) atoms. The molecular formula is C18H32O8. The minimum absolute atomic E-state index is 0.0683. The molecule has 1 fully saturated rings. The van der Waals surface area contributed by atoms with E-state index in [0.29, 0.717) is 12.8 Å². The van der Waals surface area contributed by atoms with Crippen LogP contribution < -0.4 is 0 Å². The van der Waals surface area contributed by atoms with Gasteiger partial charge >= 0.3 is 17.9 Å². The first-order chi connectivity index (χ1) is 12.4. The number of hydrogen-bond donors (Lipinski definition) is 2. The summed E-state index contributed by atoms with van der Waals surface area (Å²) in [5.41, 5.74) is -1.65. The second kappa shape index (κ2) is 11.5. The molecule has 1 aliphatic heterocycles. The minimum Gasteiger partial charge on any atom is -0.396 e. The Morgan fingerprint density at radius 2 is 1.54 bits per heavy atom. The topological polar surface area (TPSA) is 112 Å². The number of rotatable bonds is 13. The first-order valence-corrected chi connectivity index (χ1v) is 9.41.